The molecule has 3 aliphatic carbocycles. The molecule has 0 fully saturated rings. The second-order valence-electron chi connectivity index (χ2n) is 27.7. The van der Waals surface area contributed by atoms with Crippen LogP contribution in [0.3, 0.4) is 0 Å². The molecular weight excluding hydrogens is 1170 g/mol. The minimum Gasteiger partial charge on any atom is -0.314 e. The highest BCUT2D eigenvalue weighted by Crippen LogP contribution is 2.52. The lowest BCUT2D eigenvalue weighted by molar-refractivity contribution is 0.532. The first-order valence-corrected chi connectivity index (χ1v) is 34.5. The van der Waals surface area contributed by atoms with Gasteiger partial charge in [-0.1, -0.05) is 296 Å². The zero-order valence-electron chi connectivity index (χ0n) is 56.0. The Kier molecular flexibility index (Phi) is 15.7. The van der Waals surface area contributed by atoms with Crippen molar-refractivity contribution in [3.05, 3.63) is 371 Å². The third-order valence-electron chi connectivity index (χ3n) is 20.8. The van der Waals surface area contributed by atoms with Crippen LogP contribution in [0.5, 0.6) is 0 Å². The fourth-order valence-electron chi connectivity index (χ4n) is 15.6. The van der Waals surface area contributed by atoms with Gasteiger partial charge in [-0.2, -0.15) is 0 Å². The third kappa shape index (κ3) is 11.3. The van der Waals surface area contributed by atoms with Crippen LogP contribution in [0.1, 0.15) is 110 Å². The van der Waals surface area contributed by atoms with Gasteiger partial charge >= 0.3 is 0 Å². The Labute approximate surface area is 571 Å². The second-order valence-corrected chi connectivity index (χ2v) is 27.7. The Hall–Kier alpha value is -11.3. The summed E-state index contributed by atoms with van der Waals surface area (Å²) < 4.78 is 0. The van der Waals surface area contributed by atoms with E-state index in [1.54, 1.807) is 0 Å². The molecule has 2 heteroatoms. The zero-order valence-corrected chi connectivity index (χ0v) is 56.0. The van der Waals surface area contributed by atoms with Crippen LogP contribution in [0.15, 0.2) is 321 Å². The van der Waals surface area contributed by atoms with Gasteiger partial charge in [0.25, 0.3) is 0 Å². The topological polar surface area (TPSA) is 6.48 Å². The fraction of sp³-hybridized carbons (Fsp3) is 0.116. The minimum atomic E-state index is -0.222. The molecule has 97 heavy (non-hydrogen) atoms. The maximum Gasteiger partial charge on any atom is 0.0546 e. The van der Waals surface area contributed by atoms with Crippen molar-refractivity contribution in [3.63, 3.8) is 0 Å². The van der Waals surface area contributed by atoms with Crippen LogP contribution in [0.4, 0.5) is 28.4 Å². The van der Waals surface area contributed by atoms with Gasteiger partial charge in [0.05, 0.1) is 5.69 Å². The molecule has 13 aromatic rings. The van der Waals surface area contributed by atoms with Crippen molar-refractivity contribution >= 4 is 112 Å². The summed E-state index contributed by atoms with van der Waals surface area (Å²) in [4.78, 5) is 4.91. The first-order valence-electron chi connectivity index (χ1n) is 34.5. The maximum absolute atomic E-state index is 4.70. The molecule has 2 nitrogen and oxygen atoms in total. The van der Waals surface area contributed by atoms with Crippen LogP contribution in [0, 0.1) is 0 Å². The van der Waals surface area contributed by atoms with Crippen LogP contribution in [-0.2, 0) is 10.8 Å². The smallest absolute Gasteiger partial charge is 0.0546 e. The summed E-state index contributed by atoms with van der Waals surface area (Å²) in [6, 6.07) is 94.6. The van der Waals surface area contributed by atoms with E-state index in [1.807, 2.05) is 0 Å². The summed E-state index contributed by atoms with van der Waals surface area (Å²) in [6.45, 7) is 16.5. The number of anilines is 5. The van der Waals surface area contributed by atoms with E-state index < -0.39 is 0 Å². The van der Waals surface area contributed by atoms with Crippen LogP contribution in [-0.4, -0.2) is 0 Å². The van der Waals surface area contributed by atoms with Crippen molar-refractivity contribution in [1.82, 2.24) is 0 Å². The van der Waals surface area contributed by atoms with Gasteiger partial charge in [0, 0.05) is 51.6 Å². The van der Waals surface area contributed by atoms with Gasteiger partial charge in [-0.15, -0.1) is 0 Å². The predicted molar refractivity (Wildman–Crippen MR) is 420 cm³/mol. The number of nitrogens with zero attached hydrogens (tertiary/aromatic N) is 2. The molecule has 0 heterocycles. The van der Waals surface area contributed by atoms with Gasteiger partial charge in [-0.3, -0.25) is 0 Å². The average molecular weight is 1250 g/mol. The van der Waals surface area contributed by atoms with E-state index >= 15 is 0 Å². The normalized spacial score (nSPS) is 17.7. The molecule has 16 rings (SSSR count). The molecule has 0 spiro atoms. The molecule has 0 amide bonds. The van der Waals surface area contributed by atoms with Crippen LogP contribution in [0.25, 0.3) is 94.9 Å². The molecule has 468 valence electrons. The highest BCUT2D eigenvalue weighted by atomic mass is 15.2. The van der Waals surface area contributed by atoms with E-state index in [4.69, 9.17) is 6.58 Å². The molecule has 3 aliphatic rings. The van der Waals surface area contributed by atoms with E-state index in [0.29, 0.717) is 5.92 Å². The average Bonchev–Trinajstić information content (AvgIpc) is 1.67. The SMILES string of the molecule is C=C1\C=C/C(/C=C/c2ccc3c4ccc(/C=C/c5ccc6c(c5)C(C)(C)c5cc(N(/C7=C/c8ccccc8C(CC)/C=C\C=C/C7)c7ccccc7)ccc5-6)cc4c4ccccc4c3c2)=C\CC(C)(C)c2cc(N(c3ccccc3)c3cc4ccccc4c4ccccc34)ccc21. The predicted octanol–water partition coefficient (Wildman–Crippen LogP) is 26.5. The maximum atomic E-state index is 4.70. The Balaban J connectivity index is 0.669. The number of para-hydroxylation sites is 2. The van der Waals surface area contributed by atoms with Crippen molar-refractivity contribution < 1.29 is 0 Å². The lowest BCUT2D eigenvalue weighted by Gasteiger charge is -2.32. The van der Waals surface area contributed by atoms with Crippen molar-refractivity contribution in [2.24, 2.45) is 0 Å². The number of hydrogen-bond acceptors (Lipinski definition) is 2. The van der Waals surface area contributed by atoms with E-state index in [1.165, 1.54) is 121 Å². The number of benzene rings is 13. The number of allylic oxidation sites excluding steroid dienone is 10. The van der Waals surface area contributed by atoms with Gasteiger partial charge in [0.15, 0.2) is 0 Å². The van der Waals surface area contributed by atoms with Crippen LogP contribution >= 0.6 is 0 Å². The van der Waals surface area contributed by atoms with Gasteiger partial charge in [-0.05, 0) is 212 Å². The highest BCUT2D eigenvalue weighted by molar-refractivity contribution is 6.26. The summed E-state index contributed by atoms with van der Waals surface area (Å²) in [6.07, 6.45) is 30.2. The monoisotopic (exact) mass is 1250 g/mol. The summed E-state index contributed by atoms with van der Waals surface area (Å²) in [5, 5.41) is 12.5. The van der Waals surface area contributed by atoms with Crippen molar-refractivity contribution in [2.45, 2.75) is 70.6 Å². The summed E-state index contributed by atoms with van der Waals surface area (Å²) in [7, 11) is 0. The Morgan fingerprint density at radius 3 is 1.65 bits per heavy atom. The number of rotatable bonds is 11. The van der Waals surface area contributed by atoms with Crippen molar-refractivity contribution in [2.75, 3.05) is 9.80 Å². The van der Waals surface area contributed by atoms with Gasteiger partial charge in [-0.25, -0.2) is 0 Å². The third-order valence-corrected chi connectivity index (χ3v) is 20.8. The molecule has 0 aromatic heterocycles. The minimum absolute atomic E-state index is 0.215. The summed E-state index contributed by atoms with van der Waals surface area (Å²) >= 11 is 0. The molecule has 0 saturated carbocycles. The molecule has 1 unspecified atom stereocenters. The van der Waals surface area contributed by atoms with E-state index in [0.717, 1.165) is 58.7 Å². The molecule has 13 aromatic carbocycles. The van der Waals surface area contributed by atoms with Gasteiger partial charge < -0.3 is 9.80 Å². The number of hydrogen-bond donors (Lipinski definition) is 0. The molecule has 0 N–H and O–H groups in total. The lowest BCUT2D eigenvalue weighted by Crippen LogP contribution is -2.19. The Bertz CT molecular complexity index is 5500. The van der Waals surface area contributed by atoms with E-state index in [9.17, 15) is 0 Å². The molecule has 1 atom stereocenters. The van der Waals surface area contributed by atoms with Gasteiger partial charge in [0.2, 0.25) is 0 Å². The largest absolute Gasteiger partial charge is 0.314 e. The standard InChI is InChI=1S/C95H78N2/c1-7-69-25-11-8-16-32-74(60-70-26-17-19-33-78(69)70)96(72-28-12-9-13-29-72)75-49-54-86-85-52-47-68(59-91(85)95(5,6)92(86)63-75)44-43-67-46-51-84-83-50-45-66(57-88(83)81-36-21-22-37-82(81)89(84)58-67)42-41-65-40-39-64(2)77-53-48-76(62-90(77)94(3,4)56-55-65)97(73-30-14-10-15-31-73)93-61-71-27-18-20-34-79(71)80-35-23-24-38-87(80)93/h8-31,33-55,57-63,69H,2,7,32,56H2,1,3-6H3/b16-8-,25-11-,40-39-,42-41+,44-43+,65-55+,74-60+. The van der Waals surface area contributed by atoms with Crippen LogP contribution < -0.4 is 9.80 Å². The Morgan fingerprint density at radius 2 is 0.959 bits per heavy atom. The first-order chi connectivity index (χ1) is 47.5. The fourth-order valence-corrected chi connectivity index (χ4v) is 15.6. The van der Waals surface area contributed by atoms with E-state index in [2.05, 4.69) is 372 Å². The summed E-state index contributed by atoms with van der Waals surface area (Å²) in [5.74, 6) is 0.349. The zero-order chi connectivity index (χ0) is 65.8. The second kappa shape index (κ2) is 25.1. The van der Waals surface area contributed by atoms with Crippen molar-refractivity contribution in [3.8, 4) is 11.1 Å². The number of fused-ring (bicyclic) bond motifs is 14. The van der Waals surface area contributed by atoms with Crippen molar-refractivity contribution in [1.29, 1.82) is 0 Å². The van der Waals surface area contributed by atoms with Gasteiger partial charge in [0.1, 0.15) is 0 Å². The van der Waals surface area contributed by atoms with E-state index in [-0.39, 0.29) is 10.8 Å². The quantitative estimate of drug-likeness (QED) is 0.0941. The highest BCUT2D eigenvalue weighted by Gasteiger charge is 2.37. The molecular formula is C95H78N2. The summed E-state index contributed by atoms with van der Waals surface area (Å²) in [5.41, 5.74) is 22.6. The Morgan fingerprint density at radius 1 is 0.433 bits per heavy atom. The molecule has 0 radical (unpaired) electrons. The molecule has 0 saturated heterocycles. The lowest BCUT2D eigenvalue weighted by atomic mass is 9.77. The first kappa shape index (κ1) is 60.6. The molecule has 0 bridgehead atoms. The molecule has 0 aliphatic heterocycles. The van der Waals surface area contributed by atoms with Crippen LogP contribution in [0.2, 0.25) is 0 Å².